The van der Waals surface area contributed by atoms with Gasteiger partial charge < -0.3 is 14.4 Å². The summed E-state index contributed by atoms with van der Waals surface area (Å²) in [6.07, 6.45) is 1.07. The van der Waals surface area contributed by atoms with Gasteiger partial charge in [-0.05, 0) is 12.5 Å². The van der Waals surface area contributed by atoms with E-state index in [1.165, 1.54) is 10.5 Å². The lowest BCUT2D eigenvalue weighted by molar-refractivity contribution is 0.0297. The normalized spacial score (nSPS) is 23.6. The van der Waals surface area contributed by atoms with Gasteiger partial charge in [0.25, 0.3) is 5.91 Å². The van der Waals surface area contributed by atoms with Crippen LogP contribution in [0.15, 0.2) is 29.2 Å². The van der Waals surface area contributed by atoms with Crippen LogP contribution in [0.5, 0.6) is 0 Å². The molecular weight excluding hydrogens is 450 g/mol. The predicted molar refractivity (Wildman–Crippen MR) is 131 cm³/mol. The molecule has 5 heterocycles. The van der Waals surface area contributed by atoms with Crippen molar-refractivity contribution >= 4 is 17.7 Å². The Morgan fingerprint density at radius 3 is 2.53 bits per heavy atom. The van der Waals surface area contributed by atoms with E-state index in [1.807, 2.05) is 16.7 Å². The molecule has 1 unspecified atom stereocenters. The minimum atomic E-state index is 0.0560. The van der Waals surface area contributed by atoms with E-state index in [4.69, 9.17) is 14.6 Å². The maximum Gasteiger partial charge on any atom is 0.274 e. The van der Waals surface area contributed by atoms with Crippen molar-refractivity contribution in [2.45, 2.75) is 23.1 Å². The van der Waals surface area contributed by atoms with E-state index < -0.39 is 0 Å². The monoisotopic (exact) mass is 483 g/mol. The van der Waals surface area contributed by atoms with E-state index in [0.29, 0.717) is 38.0 Å². The van der Waals surface area contributed by atoms with Crippen molar-refractivity contribution in [2.75, 3.05) is 78.8 Å². The summed E-state index contributed by atoms with van der Waals surface area (Å²) < 4.78 is 13.2. The number of nitrogens with zero attached hydrogens (tertiary/aromatic N) is 5. The van der Waals surface area contributed by atoms with Crippen molar-refractivity contribution in [3.63, 3.8) is 0 Å². The summed E-state index contributed by atoms with van der Waals surface area (Å²) >= 11 is 1.82. The van der Waals surface area contributed by atoms with E-state index >= 15 is 0 Å². The van der Waals surface area contributed by atoms with Gasteiger partial charge in [-0.1, -0.05) is 18.2 Å². The maximum atomic E-state index is 13.5. The second-order valence-electron chi connectivity index (χ2n) is 9.51. The van der Waals surface area contributed by atoms with Crippen LogP contribution in [0.4, 0.5) is 0 Å². The fraction of sp³-hybridized carbons (Fsp3) is 0.600. The number of ether oxygens (including phenoxy) is 2. The average molecular weight is 484 g/mol. The number of rotatable bonds is 5. The molecule has 4 aliphatic heterocycles. The van der Waals surface area contributed by atoms with Crippen molar-refractivity contribution in [1.29, 1.82) is 0 Å². The zero-order valence-electron chi connectivity index (χ0n) is 19.7. The molecule has 2 aromatic rings. The average Bonchev–Trinajstić information content (AvgIpc) is 3.53. The van der Waals surface area contributed by atoms with E-state index in [1.54, 1.807) is 0 Å². The Morgan fingerprint density at radius 1 is 0.971 bits per heavy atom. The lowest BCUT2D eigenvalue weighted by atomic mass is 10.0. The van der Waals surface area contributed by atoms with Gasteiger partial charge in [0.15, 0.2) is 5.69 Å². The molecule has 3 saturated heterocycles. The van der Waals surface area contributed by atoms with Crippen LogP contribution in [-0.2, 0) is 15.2 Å². The number of thioether (sulfide) groups is 1. The molecule has 1 atom stereocenters. The summed E-state index contributed by atoms with van der Waals surface area (Å²) in [6, 6.07) is 8.86. The highest BCUT2D eigenvalue weighted by atomic mass is 32.2. The Kier molecular flexibility index (Phi) is 6.62. The number of carbonyl (C=O) groups excluding carboxylic acids is 1. The molecule has 0 bridgehead atoms. The van der Waals surface area contributed by atoms with Crippen LogP contribution in [0.3, 0.4) is 0 Å². The van der Waals surface area contributed by atoms with Crippen molar-refractivity contribution in [3.8, 4) is 11.3 Å². The highest BCUT2D eigenvalue weighted by Crippen LogP contribution is 2.44. The first-order chi connectivity index (χ1) is 16.8. The van der Waals surface area contributed by atoms with Crippen molar-refractivity contribution in [1.82, 2.24) is 24.5 Å². The van der Waals surface area contributed by atoms with E-state index in [0.717, 1.165) is 75.9 Å². The lowest BCUT2D eigenvalue weighted by Crippen LogP contribution is -2.41. The molecule has 0 N–H and O–H groups in total. The quantitative estimate of drug-likeness (QED) is 0.646. The molecule has 182 valence electrons. The third kappa shape index (κ3) is 4.40. The fourth-order valence-corrected chi connectivity index (χ4v) is 6.57. The second kappa shape index (κ2) is 9.99. The molecular formula is C25H33N5O3S. The number of fused-ring (bicyclic) bond motifs is 3. The third-order valence-electron chi connectivity index (χ3n) is 7.45. The number of aromatic nitrogens is 2. The molecule has 0 radical (unpaired) electrons. The number of likely N-dealkylation sites (tertiary alicyclic amines) is 1. The van der Waals surface area contributed by atoms with Crippen LogP contribution in [0.1, 0.15) is 28.5 Å². The topological polar surface area (TPSA) is 63.1 Å². The molecule has 0 spiro atoms. The fourth-order valence-electron chi connectivity index (χ4n) is 5.50. The molecule has 1 amide bonds. The first-order valence-corrected chi connectivity index (χ1v) is 13.5. The molecule has 1 aromatic carbocycles. The number of hydrogen-bond donors (Lipinski definition) is 0. The molecule has 0 aliphatic carbocycles. The SMILES string of the molecule is O=C(c1nn(C2CCN(CCN3CCOCC3)C2)c2c1CSc1ccccc1-2)N1CCOCC1. The van der Waals surface area contributed by atoms with Crippen LogP contribution in [-0.4, -0.2) is 109 Å². The van der Waals surface area contributed by atoms with E-state index in [9.17, 15) is 4.79 Å². The smallest absolute Gasteiger partial charge is 0.274 e. The molecule has 4 aliphatic rings. The van der Waals surface area contributed by atoms with E-state index in [-0.39, 0.29) is 5.91 Å². The highest BCUT2D eigenvalue weighted by molar-refractivity contribution is 7.98. The summed E-state index contributed by atoms with van der Waals surface area (Å²) in [6.45, 7) is 10.5. The van der Waals surface area contributed by atoms with Crippen LogP contribution >= 0.6 is 11.8 Å². The Bertz CT molecular complexity index is 1030. The van der Waals surface area contributed by atoms with Gasteiger partial charge in [-0.25, -0.2) is 0 Å². The molecule has 0 saturated carbocycles. The Balaban J connectivity index is 1.26. The van der Waals surface area contributed by atoms with Crippen LogP contribution in [0.2, 0.25) is 0 Å². The van der Waals surface area contributed by atoms with Gasteiger partial charge in [0, 0.05) is 74.1 Å². The van der Waals surface area contributed by atoms with Crippen molar-refractivity contribution in [2.24, 2.45) is 0 Å². The summed E-state index contributed by atoms with van der Waals surface area (Å²) in [5.41, 5.74) is 4.12. The van der Waals surface area contributed by atoms with Gasteiger partial charge in [0.1, 0.15) is 0 Å². The highest BCUT2D eigenvalue weighted by Gasteiger charge is 2.35. The minimum absolute atomic E-state index is 0.0560. The number of amides is 1. The van der Waals surface area contributed by atoms with Gasteiger partial charge in [-0.2, -0.15) is 5.10 Å². The number of carbonyl (C=O) groups is 1. The van der Waals surface area contributed by atoms with Crippen LogP contribution in [0.25, 0.3) is 11.3 Å². The summed E-state index contributed by atoms with van der Waals surface area (Å²) in [5, 5.41) is 5.05. The van der Waals surface area contributed by atoms with Gasteiger partial charge in [-0.15, -0.1) is 11.8 Å². The first-order valence-electron chi connectivity index (χ1n) is 12.5. The van der Waals surface area contributed by atoms with Crippen molar-refractivity contribution in [3.05, 3.63) is 35.5 Å². The predicted octanol–water partition coefficient (Wildman–Crippen LogP) is 2.21. The summed E-state index contributed by atoms with van der Waals surface area (Å²) in [7, 11) is 0. The molecule has 6 rings (SSSR count). The summed E-state index contributed by atoms with van der Waals surface area (Å²) in [5.74, 6) is 0.853. The molecule has 8 nitrogen and oxygen atoms in total. The van der Waals surface area contributed by atoms with Gasteiger partial charge in [-0.3, -0.25) is 19.3 Å². The lowest BCUT2D eigenvalue weighted by Gasteiger charge is -2.28. The third-order valence-corrected chi connectivity index (χ3v) is 8.55. The first kappa shape index (κ1) is 22.5. The Morgan fingerprint density at radius 2 is 1.71 bits per heavy atom. The van der Waals surface area contributed by atoms with Gasteiger partial charge in [0.05, 0.1) is 38.2 Å². The Hall–Kier alpha value is -1.91. The zero-order chi connectivity index (χ0) is 22.9. The van der Waals surface area contributed by atoms with Crippen molar-refractivity contribution < 1.29 is 14.3 Å². The molecule has 34 heavy (non-hydrogen) atoms. The number of benzene rings is 1. The standard InChI is InChI=1S/C25H33N5O3S/c31-25(29-11-15-33-16-12-29)23-21-18-34-22-4-2-1-3-20(22)24(21)30(26-23)19-5-6-28(17-19)8-7-27-9-13-32-14-10-27/h1-4,19H,5-18H2. The summed E-state index contributed by atoms with van der Waals surface area (Å²) in [4.78, 5) is 21.8. The Labute approximate surface area is 205 Å². The molecule has 9 heteroatoms. The largest absolute Gasteiger partial charge is 0.379 e. The second-order valence-corrected chi connectivity index (χ2v) is 10.5. The van der Waals surface area contributed by atoms with Gasteiger partial charge in [0.2, 0.25) is 0 Å². The molecule has 1 aromatic heterocycles. The van der Waals surface area contributed by atoms with E-state index in [2.05, 4.69) is 38.7 Å². The number of hydrogen-bond acceptors (Lipinski definition) is 7. The van der Waals surface area contributed by atoms with Gasteiger partial charge >= 0.3 is 0 Å². The van der Waals surface area contributed by atoms with Crippen LogP contribution in [0, 0.1) is 0 Å². The minimum Gasteiger partial charge on any atom is -0.379 e. The molecule has 3 fully saturated rings. The zero-order valence-corrected chi connectivity index (χ0v) is 20.5. The maximum absolute atomic E-state index is 13.5. The number of morpholine rings is 2. The van der Waals surface area contributed by atoms with Crippen LogP contribution < -0.4 is 0 Å².